The first-order valence-electron chi connectivity index (χ1n) is 23.0. The van der Waals surface area contributed by atoms with Crippen LogP contribution in [0, 0.1) is 5.41 Å². The fraction of sp³-hybridized carbons (Fsp3) is 0.143. The molecule has 306 valence electrons. The molecule has 0 aromatic heterocycles. The van der Waals surface area contributed by atoms with Gasteiger partial charge in [-0.2, -0.15) is 0 Å². The number of hydrogen-bond donors (Lipinski definition) is 0. The van der Waals surface area contributed by atoms with E-state index in [1.165, 1.54) is 115 Å². The summed E-state index contributed by atoms with van der Waals surface area (Å²) in [4.78, 5) is 2.69. The van der Waals surface area contributed by atoms with E-state index in [1.54, 1.807) is 0 Å². The molecule has 1 nitrogen and oxygen atoms in total. The van der Waals surface area contributed by atoms with Gasteiger partial charge in [0.1, 0.15) is 0 Å². The monoisotopic (exact) mass is 819 g/mol. The topological polar surface area (TPSA) is 3.24 Å². The van der Waals surface area contributed by atoms with Crippen molar-refractivity contribution >= 4 is 65.2 Å². The van der Waals surface area contributed by atoms with Gasteiger partial charge >= 0.3 is 0 Å². The molecule has 64 heavy (non-hydrogen) atoms. The molecule has 1 saturated carbocycles. The van der Waals surface area contributed by atoms with Gasteiger partial charge in [0.05, 0.1) is 5.54 Å². The van der Waals surface area contributed by atoms with Crippen LogP contribution in [0.2, 0.25) is 0 Å². The van der Waals surface area contributed by atoms with Crippen LogP contribution in [0.3, 0.4) is 0 Å². The summed E-state index contributed by atoms with van der Waals surface area (Å²) in [6.07, 6.45) is 2.26. The Labute approximate surface area is 375 Å². The molecule has 1 aliphatic carbocycles. The molecular formula is C63H49N. The molecule has 1 aliphatic heterocycles. The zero-order valence-corrected chi connectivity index (χ0v) is 36.9. The van der Waals surface area contributed by atoms with Crippen LogP contribution in [0.1, 0.15) is 46.1 Å². The summed E-state index contributed by atoms with van der Waals surface area (Å²) in [6, 6.07) is 75.6. The van der Waals surface area contributed by atoms with Gasteiger partial charge in [0.2, 0.25) is 0 Å². The van der Waals surface area contributed by atoms with Crippen LogP contribution >= 0.6 is 0 Å². The highest BCUT2D eigenvalue weighted by atomic mass is 15.3. The predicted molar refractivity (Wildman–Crippen MR) is 274 cm³/mol. The van der Waals surface area contributed by atoms with Crippen molar-refractivity contribution < 1.29 is 0 Å². The minimum Gasteiger partial charge on any atom is -0.334 e. The van der Waals surface area contributed by atoms with Gasteiger partial charge in [0.25, 0.3) is 0 Å². The quantitative estimate of drug-likeness (QED) is 0.156. The summed E-state index contributed by atoms with van der Waals surface area (Å²) in [5.41, 5.74) is 14.3. The van der Waals surface area contributed by atoms with Crippen LogP contribution in [0.5, 0.6) is 0 Å². The third-order valence-electron chi connectivity index (χ3n) is 15.6. The minimum absolute atomic E-state index is 0.0438. The SMILES string of the molecule is CC1(C)CC2(C)c3cc(-c4cc(-c5cccc6ccccc56)c5ccc6c(-c7ccccc7)cc(-c7cccc8ccccc78)c7ccc4c5c67)ccc3N(c3ccccc3)C2(C)C1. The van der Waals surface area contributed by atoms with Crippen LogP contribution in [0.4, 0.5) is 11.4 Å². The van der Waals surface area contributed by atoms with Gasteiger partial charge in [0.15, 0.2) is 0 Å². The van der Waals surface area contributed by atoms with E-state index in [4.69, 9.17) is 0 Å². The van der Waals surface area contributed by atoms with E-state index in [0.29, 0.717) is 0 Å². The molecule has 0 amide bonds. The molecule has 1 heterocycles. The molecule has 0 spiro atoms. The molecule has 2 aliphatic rings. The van der Waals surface area contributed by atoms with Gasteiger partial charge in [-0.1, -0.05) is 185 Å². The first-order chi connectivity index (χ1) is 31.2. The average Bonchev–Trinajstić information content (AvgIpc) is 3.64. The molecular weight excluding hydrogens is 771 g/mol. The zero-order chi connectivity index (χ0) is 43.0. The second-order valence-corrected chi connectivity index (χ2v) is 20.0. The Morgan fingerprint density at radius 1 is 0.359 bits per heavy atom. The normalized spacial score (nSPS) is 19.0. The summed E-state index contributed by atoms with van der Waals surface area (Å²) < 4.78 is 0. The molecule has 0 saturated heterocycles. The number of benzene rings is 11. The average molecular weight is 820 g/mol. The molecule has 0 bridgehead atoms. The molecule has 0 N–H and O–H groups in total. The minimum atomic E-state index is -0.0680. The molecule has 11 aromatic carbocycles. The second kappa shape index (κ2) is 13.4. The lowest BCUT2D eigenvalue weighted by Crippen LogP contribution is -2.49. The summed E-state index contributed by atoms with van der Waals surface area (Å²) in [7, 11) is 0. The van der Waals surface area contributed by atoms with Crippen molar-refractivity contribution in [2.24, 2.45) is 5.41 Å². The van der Waals surface area contributed by atoms with E-state index in [0.717, 1.165) is 12.8 Å². The predicted octanol–water partition coefficient (Wildman–Crippen LogP) is 17.5. The smallest absolute Gasteiger partial charge is 0.0523 e. The Hall–Kier alpha value is -7.22. The summed E-state index contributed by atoms with van der Waals surface area (Å²) in [5.74, 6) is 0. The second-order valence-electron chi connectivity index (χ2n) is 20.0. The molecule has 1 heteroatoms. The van der Waals surface area contributed by atoms with E-state index in [9.17, 15) is 0 Å². The van der Waals surface area contributed by atoms with E-state index in [2.05, 4.69) is 233 Å². The van der Waals surface area contributed by atoms with Crippen molar-refractivity contribution in [2.75, 3.05) is 4.90 Å². The van der Waals surface area contributed by atoms with Crippen LogP contribution in [0.15, 0.2) is 200 Å². The van der Waals surface area contributed by atoms with E-state index >= 15 is 0 Å². The first-order valence-corrected chi connectivity index (χ1v) is 23.0. The standard InChI is InChI=1S/C63H49N/c1-61(2)38-62(3)57-35-43(29-34-58(57)64(63(62,4)39-61)44-23-9-6-10-24-44)54-37-56(48-28-16-22-41-20-12-14-26-46(41)48)52-32-30-49-53(42-17-7-5-8-18-42)36-55(51-33-31-50(54)60(52)59(49)51)47-27-15-21-40-19-11-13-25-45(40)47/h5-37H,38-39H2,1-4H3. The van der Waals surface area contributed by atoms with Crippen LogP contribution in [-0.4, -0.2) is 5.54 Å². The van der Waals surface area contributed by atoms with Crippen LogP contribution in [-0.2, 0) is 5.41 Å². The summed E-state index contributed by atoms with van der Waals surface area (Å²) in [5, 5.41) is 12.9. The lowest BCUT2D eigenvalue weighted by molar-refractivity contribution is 0.330. The maximum Gasteiger partial charge on any atom is 0.0523 e. The van der Waals surface area contributed by atoms with Gasteiger partial charge in [-0.3, -0.25) is 0 Å². The lowest BCUT2D eigenvalue weighted by atomic mass is 9.71. The van der Waals surface area contributed by atoms with Crippen molar-refractivity contribution in [3.8, 4) is 44.5 Å². The van der Waals surface area contributed by atoms with Gasteiger partial charge < -0.3 is 4.90 Å². The van der Waals surface area contributed by atoms with Gasteiger partial charge in [-0.15, -0.1) is 0 Å². The van der Waals surface area contributed by atoms with Crippen molar-refractivity contribution in [1.82, 2.24) is 0 Å². The highest BCUT2D eigenvalue weighted by Gasteiger charge is 2.64. The number of hydrogen-bond acceptors (Lipinski definition) is 1. The first kappa shape index (κ1) is 37.3. The fourth-order valence-electron chi connectivity index (χ4n) is 13.1. The van der Waals surface area contributed by atoms with Gasteiger partial charge in [0, 0.05) is 16.8 Å². The number of fused-ring (bicyclic) bond motifs is 5. The lowest BCUT2D eigenvalue weighted by Gasteiger charge is -2.42. The number of nitrogens with zero attached hydrogens (tertiary/aromatic N) is 1. The van der Waals surface area contributed by atoms with Crippen LogP contribution in [0.25, 0.3) is 98.4 Å². The Balaban J connectivity index is 1.16. The third-order valence-corrected chi connectivity index (χ3v) is 15.6. The van der Waals surface area contributed by atoms with E-state index in [1.807, 2.05) is 0 Å². The Kier molecular flexibility index (Phi) is 7.82. The Morgan fingerprint density at radius 2 is 0.844 bits per heavy atom. The Bertz CT molecular complexity index is 3660. The molecule has 0 radical (unpaired) electrons. The number of rotatable bonds is 5. The maximum absolute atomic E-state index is 2.69. The van der Waals surface area contributed by atoms with E-state index in [-0.39, 0.29) is 16.4 Å². The van der Waals surface area contributed by atoms with Crippen molar-refractivity contribution in [1.29, 1.82) is 0 Å². The fourth-order valence-corrected chi connectivity index (χ4v) is 13.1. The third kappa shape index (κ3) is 5.19. The summed E-state index contributed by atoms with van der Waals surface area (Å²) in [6.45, 7) is 10.0. The van der Waals surface area contributed by atoms with Gasteiger partial charge in [-0.25, -0.2) is 0 Å². The number of para-hydroxylation sites is 1. The van der Waals surface area contributed by atoms with Crippen molar-refractivity contribution in [2.45, 2.75) is 51.5 Å². The molecule has 13 rings (SSSR count). The summed E-state index contributed by atoms with van der Waals surface area (Å²) >= 11 is 0. The van der Waals surface area contributed by atoms with E-state index < -0.39 is 0 Å². The molecule has 11 aromatic rings. The molecule has 2 unspecified atom stereocenters. The van der Waals surface area contributed by atoms with Gasteiger partial charge in [-0.05, 0) is 166 Å². The van der Waals surface area contributed by atoms with Crippen molar-refractivity contribution in [3.05, 3.63) is 206 Å². The van der Waals surface area contributed by atoms with Crippen molar-refractivity contribution in [3.63, 3.8) is 0 Å². The largest absolute Gasteiger partial charge is 0.334 e. The Morgan fingerprint density at radius 3 is 1.42 bits per heavy atom. The highest BCUT2D eigenvalue weighted by molar-refractivity contribution is 6.32. The molecule has 1 fully saturated rings. The highest BCUT2D eigenvalue weighted by Crippen LogP contribution is 2.67. The number of anilines is 2. The maximum atomic E-state index is 2.69. The zero-order valence-electron chi connectivity index (χ0n) is 36.9. The molecule has 2 atom stereocenters. The van der Waals surface area contributed by atoms with Crippen LogP contribution < -0.4 is 4.90 Å².